The van der Waals surface area contributed by atoms with E-state index in [4.69, 9.17) is 5.73 Å². The van der Waals surface area contributed by atoms with Gasteiger partial charge in [-0.25, -0.2) is 9.78 Å². The summed E-state index contributed by atoms with van der Waals surface area (Å²) in [6.07, 6.45) is 8.71. The van der Waals surface area contributed by atoms with Crippen LogP contribution in [0.4, 0.5) is 4.79 Å². The van der Waals surface area contributed by atoms with Crippen LogP contribution >= 0.6 is 0 Å². The second kappa shape index (κ2) is 6.75. The maximum atomic E-state index is 12.6. The van der Waals surface area contributed by atoms with Gasteiger partial charge in [-0.3, -0.25) is 0 Å². The molecule has 0 spiro atoms. The van der Waals surface area contributed by atoms with Crippen molar-refractivity contribution in [2.75, 3.05) is 19.6 Å². The molecule has 2 heterocycles. The summed E-state index contributed by atoms with van der Waals surface area (Å²) in [6, 6.07) is -0.0273. The Balaban J connectivity index is 1.53. The molecule has 24 heavy (non-hydrogen) atoms. The molecule has 2 atom stereocenters. The highest BCUT2D eigenvalue weighted by molar-refractivity contribution is 5.74. The van der Waals surface area contributed by atoms with Gasteiger partial charge < -0.3 is 20.5 Å². The molecular formula is C18H31N5O. The first-order valence-corrected chi connectivity index (χ1v) is 9.12. The zero-order valence-corrected chi connectivity index (χ0v) is 15.2. The maximum Gasteiger partial charge on any atom is 0.317 e. The number of aromatic nitrogens is 2. The Hall–Kier alpha value is -1.56. The summed E-state index contributed by atoms with van der Waals surface area (Å²) < 4.78 is 1.93. The molecule has 2 amide bonds. The number of carbonyl (C=O) groups is 1. The first-order valence-electron chi connectivity index (χ1n) is 9.12. The Labute approximate surface area is 144 Å². The van der Waals surface area contributed by atoms with Crippen molar-refractivity contribution in [3.8, 4) is 0 Å². The largest absolute Gasteiger partial charge is 0.340 e. The van der Waals surface area contributed by atoms with Gasteiger partial charge in [-0.15, -0.1) is 0 Å². The van der Waals surface area contributed by atoms with E-state index in [9.17, 15) is 4.79 Å². The molecule has 1 aromatic rings. The van der Waals surface area contributed by atoms with Crippen molar-refractivity contribution in [3.63, 3.8) is 0 Å². The van der Waals surface area contributed by atoms with E-state index in [-0.39, 0.29) is 23.4 Å². The highest BCUT2D eigenvalue weighted by atomic mass is 16.2. The summed E-state index contributed by atoms with van der Waals surface area (Å²) in [4.78, 5) is 18.8. The van der Waals surface area contributed by atoms with Crippen LogP contribution in [0.2, 0.25) is 0 Å². The minimum Gasteiger partial charge on any atom is -0.340 e. The molecule has 1 saturated heterocycles. The summed E-state index contributed by atoms with van der Waals surface area (Å²) in [5, 5.41) is 3.15. The minimum absolute atomic E-state index is 0.0173. The number of nitrogens with one attached hydrogen (secondary N) is 1. The van der Waals surface area contributed by atoms with E-state index in [1.807, 2.05) is 22.7 Å². The number of rotatable bonds is 3. The third-order valence-electron chi connectivity index (χ3n) is 5.90. The van der Waals surface area contributed by atoms with Gasteiger partial charge >= 0.3 is 6.03 Å². The number of carbonyl (C=O) groups excluding carboxylic acids is 1. The third-order valence-corrected chi connectivity index (χ3v) is 5.90. The molecule has 1 aliphatic carbocycles. The molecule has 134 valence electrons. The summed E-state index contributed by atoms with van der Waals surface area (Å²) >= 11 is 0. The van der Waals surface area contributed by atoms with Gasteiger partial charge in [-0.1, -0.05) is 26.7 Å². The van der Waals surface area contributed by atoms with Crippen molar-refractivity contribution in [1.82, 2.24) is 19.8 Å². The average Bonchev–Trinajstić information content (AvgIpc) is 3.14. The first-order chi connectivity index (χ1) is 11.4. The fourth-order valence-corrected chi connectivity index (χ4v) is 3.97. The predicted molar refractivity (Wildman–Crippen MR) is 94.6 cm³/mol. The van der Waals surface area contributed by atoms with Crippen LogP contribution in [-0.2, 0) is 7.05 Å². The van der Waals surface area contributed by atoms with Crippen LogP contribution in [0.3, 0.4) is 0 Å². The maximum absolute atomic E-state index is 12.6. The van der Waals surface area contributed by atoms with Gasteiger partial charge in [0.1, 0.15) is 0 Å². The van der Waals surface area contributed by atoms with Gasteiger partial charge in [-0.2, -0.15) is 0 Å². The van der Waals surface area contributed by atoms with E-state index >= 15 is 0 Å². The third kappa shape index (κ3) is 3.74. The lowest BCUT2D eigenvalue weighted by Gasteiger charge is -2.36. The molecule has 2 aliphatic rings. The van der Waals surface area contributed by atoms with Gasteiger partial charge in [0.2, 0.25) is 0 Å². The lowest BCUT2D eigenvalue weighted by Crippen LogP contribution is -2.44. The standard InChI is InChI=1S/C18H31N5O/c1-13-4-6-18(2,7-5-13)11-20-17(24)23-8-14(15(19)9-23)16-10-22(3)12-21-16/h10,12-15H,4-9,11,19H2,1-3H3,(H,20,24)/t13?,14-,15-,18?/m1/s1. The number of hydrogen-bond donors (Lipinski definition) is 2. The number of hydrogen-bond acceptors (Lipinski definition) is 3. The Kier molecular flexibility index (Phi) is 4.85. The molecule has 6 heteroatoms. The molecule has 3 N–H and O–H groups in total. The molecule has 1 aromatic heterocycles. The van der Waals surface area contributed by atoms with Crippen molar-refractivity contribution in [3.05, 3.63) is 18.2 Å². The smallest absolute Gasteiger partial charge is 0.317 e. The Bertz CT molecular complexity index is 576. The van der Waals surface area contributed by atoms with E-state index in [0.29, 0.717) is 13.1 Å². The second-order valence-corrected chi connectivity index (χ2v) is 8.29. The monoisotopic (exact) mass is 333 g/mol. The highest BCUT2D eigenvalue weighted by Crippen LogP contribution is 2.37. The molecule has 6 nitrogen and oxygen atoms in total. The van der Waals surface area contributed by atoms with Gasteiger partial charge in [0.05, 0.1) is 12.0 Å². The predicted octanol–water partition coefficient (Wildman–Crippen LogP) is 2.07. The molecule has 0 unspecified atom stereocenters. The van der Waals surface area contributed by atoms with Crippen LogP contribution in [0.1, 0.15) is 51.1 Å². The molecule has 3 rings (SSSR count). The lowest BCUT2D eigenvalue weighted by molar-refractivity contribution is 0.163. The van der Waals surface area contributed by atoms with Crippen molar-refractivity contribution < 1.29 is 4.79 Å². The van der Waals surface area contributed by atoms with E-state index < -0.39 is 0 Å². The van der Waals surface area contributed by atoms with Crippen molar-refractivity contribution >= 4 is 6.03 Å². The number of likely N-dealkylation sites (tertiary alicyclic amines) is 1. The Morgan fingerprint density at radius 1 is 1.42 bits per heavy atom. The molecule has 0 radical (unpaired) electrons. The number of aryl methyl sites for hydroxylation is 1. The average molecular weight is 333 g/mol. The Morgan fingerprint density at radius 2 is 2.12 bits per heavy atom. The van der Waals surface area contributed by atoms with Crippen LogP contribution in [0.25, 0.3) is 0 Å². The van der Waals surface area contributed by atoms with Gasteiger partial charge in [0, 0.05) is 44.8 Å². The molecule has 1 aliphatic heterocycles. The number of amides is 2. The summed E-state index contributed by atoms with van der Waals surface area (Å²) in [7, 11) is 1.95. The van der Waals surface area contributed by atoms with Crippen molar-refractivity contribution in [2.45, 2.75) is 51.5 Å². The number of urea groups is 1. The van der Waals surface area contributed by atoms with Crippen LogP contribution in [0.15, 0.2) is 12.5 Å². The van der Waals surface area contributed by atoms with Gasteiger partial charge in [0.25, 0.3) is 0 Å². The second-order valence-electron chi connectivity index (χ2n) is 8.29. The van der Waals surface area contributed by atoms with E-state index in [2.05, 4.69) is 24.1 Å². The normalized spacial score (nSPS) is 33.7. The number of nitrogens with two attached hydrogens (primary N) is 1. The zero-order chi connectivity index (χ0) is 17.3. The van der Waals surface area contributed by atoms with Crippen LogP contribution in [0, 0.1) is 11.3 Å². The number of nitrogens with zero attached hydrogens (tertiary/aromatic N) is 3. The topological polar surface area (TPSA) is 76.2 Å². The lowest BCUT2D eigenvalue weighted by atomic mass is 9.72. The molecule has 0 aromatic carbocycles. The van der Waals surface area contributed by atoms with Crippen molar-refractivity contribution in [1.29, 1.82) is 0 Å². The van der Waals surface area contributed by atoms with Gasteiger partial charge in [-0.05, 0) is 24.2 Å². The first kappa shape index (κ1) is 17.3. The van der Waals surface area contributed by atoms with Crippen molar-refractivity contribution in [2.24, 2.45) is 24.1 Å². The molecular weight excluding hydrogens is 302 g/mol. The highest BCUT2D eigenvalue weighted by Gasteiger charge is 2.36. The molecule has 1 saturated carbocycles. The quantitative estimate of drug-likeness (QED) is 0.889. The van der Waals surface area contributed by atoms with E-state index in [1.165, 1.54) is 25.7 Å². The number of imidazole rings is 1. The summed E-state index contributed by atoms with van der Waals surface area (Å²) in [6.45, 7) is 6.63. The van der Waals surface area contributed by atoms with Gasteiger partial charge in [0.15, 0.2) is 0 Å². The van der Waals surface area contributed by atoms with E-state index in [1.54, 1.807) is 6.33 Å². The fourth-order valence-electron chi connectivity index (χ4n) is 3.97. The summed E-state index contributed by atoms with van der Waals surface area (Å²) in [5.74, 6) is 0.951. The van der Waals surface area contributed by atoms with Crippen LogP contribution in [0.5, 0.6) is 0 Å². The van der Waals surface area contributed by atoms with Crippen LogP contribution < -0.4 is 11.1 Å². The Morgan fingerprint density at radius 3 is 2.75 bits per heavy atom. The fraction of sp³-hybridized carbons (Fsp3) is 0.778. The van der Waals surface area contributed by atoms with E-state index in [0.717, 1.165) is 18.2 Å². The minimum atomic E-state index is -0.0447. The SMILES string of the molecule is CC1CCC(C)(CNC(=O)N2C[C@@H](N)[C@H](c3cn(C)cn3)C2)CC1. The van der Waals surface area contributed by atoms with Crippen LogP contribution in [-0.4, -0.2) is 46.2 Å². The summed E-state index contributed by atoms with van der Waals surface area (Å²) in [5.41, 5.74) is 7.48. The molecule has 2 fully saturated rings. The molecule has 0 bridgehead atoms. The zero-order valence-electron chi connectivity index (χ0n) is 15.2.